The Morgan fingerprint density at radius 1 is 1.07 bits per heavy atom. The predicted molar refractivity (Wildman–Crippen MR) is 105 cm³/mol. The number of rotatable bonds is 6. The summed E-state index contributed by atoms with van der Waals surface area (Å²) in [7, 11) is 0. The topological polar surface area (TPSA) is 87.4 Å². The molecule has 3 aromatic rings. The summed E-state index contributed by atoms with van der Waals surface area (Å²) in [6, 6.07) is 15.0. The first-order chi connectivity index (χ1) is 13.5. The third-order valence-corrected chi connectivity index (χ3v) is 4.34. The molecule has 0 atom stereocenters. The molecule has 0 radical (unpaired) electrons. The van der Waals surface area contributed by atoms with Crippen LogP contribution in [0.4, 0.5) is 4.39 Å². The molecule has 0 amide bonds. The van der Waals surface area contributed by atoms with Gasteiger partial charge in [-0.25, -0.2) is 9.18 Å². The summed E-state index contributed by atoms with van der Waals surface area (Å²) in [5, 5.41) is 10.7. The molecule has 1 aromatic heterocycles. The van der Waals surface area contributed by atoms with Crippen molar-refractivity contribution >= 4 is 5.71 Å². The summed E-state index contributed by atoms with van der Waals surface area (Å²) in [6.45, 7) is 2.14. The lowest BCUT2D eigenvalue weighted by molar-refractivity contribution is 0.407. The number of aromatic amines is 1. The maximum atomic E-state index is 13.0. The van der Waals surface area contributed by atoms with Crippen LogP contribution in [-0.4, -0.2) is 20.4 Å². The first-order valence-electron chi connectivity index (χ1n) is 8.87. The number of aromatic hydroxyl groups is 1. The second-order valence-corrected chi connectivity index (χ2v) is 6.27. The Labute approximate surface area is 160 Å². The fourth-order valence-corrected chi connectivity index (χ4v) is 2.88. The van der Waals surface area contributed by atoms with E-state index in [0.717, 1.165) is 15.7 Å². The van der Waals surface area contributed by atoms with E-state index in [2.05, 4.69) is 9.98 Å². The SMILES string of the molecule is CCC(=NCc1ccc(F)cc1)c1c(O)n(Cc2ccccc2)c(=O)[nH]c1=O. The van der Waals surface area contributed by atoms with Gasteiger partial charge in [0.2, 0.25) is 5.88 Å². The van der Waals surface area contributed by atoms with Crippen molar-refractivity contribution in [3.05, 3.63) is 97.9 Å². The van der Waals surface area contributed by atoms with Gasteiger partial charge in [-0.15, -0.1) is 0 Å². The molecule has 0 spiro atoms. The minimum atomic E-state index is -0.691. The number of benzene rings is 2. The van der Waals surface area contributed by atoms with E-state index in [1.165, 1.54) is 12.1 Å². The maximum absolute atomic E-state index is 13.0. The van der Waals surface area contributed by atoms with E-state index in [0.29, 0.717) is 12.1 Å². The summed E-state index contributed by atoms with van der Waals surface area (Å²) in [6.07, 6.45) is 0.376. The fourth-order valence-electron chi connectivity index (χ4n) is 2.88. The van der Waals surface area contributed by atoms with Gasteiger partial charge in [0.1, 0.15) is 11.4 Å². The van der Waals surface area contributed by atoms with Crippen LogP contribution >= 0.6 is 0 Å². The Morgan fingerprint density at radius 3 is 2.39 bits per heavy atom. The van der Waals surface area contributed by atoms with Crippen LogP contribution in [0.25, 0.3) is 0 Å². The zero-order valence-electron chi connectivity index (χ0n) is 15.4. The summed E-state index contributed by atoms with van der Waals surface area (Å²) < 4.78 is 14.1. The van der Waals surface area contributed by atoms with Gasteiger partial charge >= 0.3 is 5.69 Å². The van der Waals surface area contributed by atoms with Crippen LogP contribution in [0, 0.1) is 5.82 Å². The zero-order chi connectivity index (χ0) is 20.1. The second kappa shape index (κ2) is 8.47. The average molecular weight is 381 g/mol. The molecule has 6 nitrogen and oxygen atoms in total. The minimum absolute atomic E-state index is 0.0276. The number of aromatic nitrogens is 2. The van der Waals surface area contributed by atoms with Crippen molar-refractivity contribution in [1.82, 2.24) is 9.55 Å². The smallest absolute Gasteiger partial charge is 0.331 e. The molecule has 2 N–H and O–H groups in total. The molecular weight excluding hydrogens is 361 g/mol. The van der Waals surface area contributed by atoms with Crippen LogP contribution < -0.4 is 11.2 Å². The summed E-state index contributed by atoms with van der Waals surface area (Å²) in [5.41, 5.74) is 0.528. The number of nitrogens with one attached hydrogen (secondary N) is 1. The first kappa shape index (κ1) is 19.3. The fraction of sp³-hybridized carbons (Fsp3) is 0.190. The lowest BCUT2D eigenvalue weighted by Gasteiger charge is -2.12. The van der Waals surface area contributed by atoms with Gasteiger partial charge in [-0.05, 0) is 29.7 Å². The molecule has 0 aliphatic heterocycles. The van der Waals surface area contributed by atoms with Crippen molar-refractivity contribution < 1.29 is 9.50 Å². The highest BCUT2D eigenvalue weighted by Crippen LogP contribution is 2.16. The minimum Gasteiger partial charge on any atom is -0.494 e. The van der Waals surface area contributed by atoms with Crippen molar-refractivity contribution in [3.8, 4) is 5.88 Å². The van der Waals surface area contributed by atoms with Gasteiger partial charge in [0.15, 0.2) is 0 Å². The number of H-pyrrole nitrogens is 1. The highest BCUT2D eigenvalue weighted by molar-refractivity contribution is 6.01. The summed E-state index contributed by atoms with van der Waals surface area (Å²) >= 11 is 0. The van der Waals surface area contributed by atoms with Crippen molar-refractivity contribution in [2.75, 3.05) is 0 Å². The Bertz CT molecular complexity index is 1100. The van der Waals surface area contributed by atoms with Crippen LogP contribution in [0.1, 0.15) is 30.0 Å². The molecular formula is C21H20FN3O3. The molecule has 0 unspecified atom stereocenters. The molecule has 3 rings (SSSR count). The van der Waals surface area contributed by atoms with E-state index in [-0.39, 0.29) is 24.5 Å². The van der Waals surface area contributed by atoms with E-state index in [9.17, 15) is 19.1 Å². The molecule has 0 aliphatic carbocycles. The number of hydrogen-bond acceptors (Lipinski definition) is 4. The molecule has 0 fully saturated rings. The highest BCUT2D eigenvalue weighted by atomic mass is 19.1. The largest absolute Gasteiger partial charge is 0.494 e. The molecule has 144 valence electrons. The molecule has 0 saturated heterocycles. The molecule has 0 bridgehead atoms. The molecule has 28 heavy (non-hydrogen) atoms. The standard InChI is InChI=1S/C21H20FN3O3/c1-2-17(23-12-14-8-10-16(22)11-9-14)18-19(26)24-21(28)25(20(18)27)13-15-6-4-3-5-7-15/h3-11,27H,2,12-13H2,1H3,(H,24,26,28). The predicted octanol–water partition coefficient (Wildman–Crippen LogP) is 2.83. The first-order valence-corrected chi connectivity index (χ1v) is 8.87. The monoisotopic (exact) mass is 381 g/mol. The van der Waals surface area contributed by atoms with Gasteiger partial charge in [0.05, 0.1) is 18.8 Å². The molecule has 0 aliphatic rings. The van der Waals surface area contributed by atoms with Gasteiger partial charge in [0.25, 0.3) is 5.56 Å². The van der Waals surface area contributed by atoms with E-state index >= 15 is 0 Å². The molecule has 7 heteroatoms. The van der Waals surface area contributed by atoms with Crippen LogP contribution in [0.5, 0.6) is 5.88 Å². The zero-order valence-corrected chi connectivity index (χ0v) is 15.4. The average Bonchev–Trinajstić information content (AvgIpc) is 2.69. The summed E-state index contributed by atoms with van der Waals surface area (Å²) in [5.74, 6) is -0.761. The Morgan fingerprint density at radius 2 is 1.75 bits per heavy atom. The van der Waals surface area contributed by atoms with Crippen molar-refractivity contribution in [2.24, 2.45) is 4.99 Å². The lowest BCUT2D eigenvalue weighted by atomic mass is 10.1. The van der Waals surface area contributed by atoms with E-state index < -0.39 is 17.1 Å². The molecule has 1 heterocycles. The Balaban J connectivity index is 2.00. The maximum Gasteiger partial charge on any atom is 0.331 e. The lowest BCUT2D eigenvalue weighted by Crippen LogP contribution is -2.34. The number of halogens is 1. The third kappa shape index (κ3) is 4.25. The third-order valence-electron chi connectivity index (χ3n) is 4.34. The van der Waals surface area contributed by atoms with E-state index in [4.69, 9.17) is 0 Å². The van der Waals surface area contributed by atoms with Crippen molar-refractivity contribution in [3.63, 3.8) is 0 Å². The highest BCUT2D eigenvalue weighted by Gasteiger charge is 2.18. The number of nitrogens with zero attached hydrogens (tertiary/aromatic N) is 2. The van der Waals surface area contributed by atoms with E-state index in [1.807, 2.05) is 30.3 Å². The van der Waals surface area contributed by atoms with Crippen molar-refractivity contribution in [2.45, 2.75) is 26.4 Å². The van der Waals surface area contributed by atoms with Crippen LogP contribution in [0.15, 0.2) is 69.2 Å². The van der Waals surface area contributed by atoms with Gasteiger partial charge in [0, 0.05) is 0 Å². The number of hydrogen-bond donors (Lipinski definition) is 2. The van der Waals surface area contributed by atoms with Gasteiger partial charge < -0.3 is 5.11 Å². The molecule has 2 aromatic carbocycles. The number of aliphatic imine (C=N–C) groups is 1. The Hall–Kier alpha value is -3.48. The van der Waals surface area contributed by atoms with Crippen LogP contribution in [0.3, 0.4) is 0 Å². The van der Waals surface area contributed by atoms with Crippen LogP contribution in [0.2, 0.25) is 0 Å². The van der Waals surface area contributed by atoms with Crippen molar-refractivity contribution in [1.29, 1.82) is 0 Å². The summed E-state index contributed by atoms with van der Waals surface area (Å²) in [4.78, 5) is 31.2. The van der Waals surface area contributed by atoms with Gasteiger partial charge in [-0.2, -0.15) is 0 Å². The van der Waals surface area contributed by atoms with Gasteiger partial charge in [-0.3, -0.25) is 19.3 Å². The Kier molecular flexibility index (Phi) is 5.84. The normalized spacial score (nSPS) is 11.6. The van der Waals surface area contributed by atoms with E-state index in [1.54, 1.807) is 19.1 Å². The molecule has 0 saturated carbocycles. The van der Waals surface area contributed by atoms with Gasteiger partial charge in [-0.1, -0.05) is 49.4 Å². The second-order valence-electron chi connectivity index (χ2n) is 6.27. The van der Waals surface area contributed by atoms with Crippen LogP contribution in [-0.2, 0) is 13.1 Å². The quantitative estimate of drug-likeness (QED) is 0.644.